The first-order valence-corrected chi connectivity index (χ1v) is 7.69. The minimum absolute atomic E-state index is 0.115. The van der Waals surface area contributed by atoms with Crippen molar-refractivity contribution in [3.8, 4) is 5.75 Å². The summed E-state index contributed by atoms with van der Waals surface area (Å²) < 4.78 is 6.27. The first kappa shape index (κ1) is 13.5. The molecule has 2 aromatic carbocycles. The second-order valence-electron chi connectivity index (χ2n) is 6.72. The molecule has 0 spiro atoms. The third-order valence-corrected chi connectivity index (χ3v) is 5.03. The smallest absolute Gasteiger partial charge is 0.127 e. The molecule has 0 radical (unpaired) electrons. The fourth-order valence-electron chi connectivity index (χ4n) is 3.19. The van der Waals surface area contributed by atoms with Gasteiger partial charge in [0.05, 0.1) is 0 Å². The number of hydrogen-bond acceptors (Lipinski definition) is 1. The Hall–Kier alpha value is -1.50. The highest BCUT2D eigenvalue weighted by Gasteiger charge is 2.29. The molecule has 0 aliphatic heterocycles. The van der Waals surface area contributed by atoms with E-state index in [1.54, 1.807) is 0 Å². The van der Waals surface area contributed by atoms with E-state index in [1.165, 1.54) is 21.9 Å². The van der Waals surface area contributed by atoms with Crippen LogP contribution >= 0.6 is 0 Å². The molecule has 20 heavy (non-hydrogen) atoms. The summed E-state index contributed by atoms with van der Waals surface area (Å²) in [5, 5.41) is 2.70. The highest BCUT2D eigenvalue weighted by molar-refractivity contribution is 5.96. The molecular weight excluding hydrogens is 244 g/mol. The Labute approximate surface area is 122 Å². The van der Waals surface area contributed by atoms with Crippen molar-refractivity contribution in [3.05, 3.63) is 41.5 Å². The fourth-order valence-corrected chi connectivity index (χ4v) is 3.19. The Morgan fingerprint density at radius 3 is 2.30 bits per heavy atom. The van der Waals surface area contributed by atoms with Gasteiger partial charge < -0.3 is 4.74 Å². The Morgan fingerprint density at radius 1 is 1.00 bits per heavy atom. The van der Waals surface area contributed by atoms with E-state index in [9.17, 15) is 0 Å². The van der Waals surface area contributed by atoms with Gasteiger partial charge in [0.2, 0.25) is 0 Å². The first-order valence-electron chi connectivity index (χ1n) is 7.69. The van der Waals surface area contributed by atoms with Gasteiger partial charge in [0, 0.05) is 5.39 Å². The van der Waals surface area contributed by atoms with Crippen LogP contribution in [0.2, 0.25) is 0 Å². The molecule has 0 saturated heterocycles. The van der Waals surface area contributed by atoms with E-state index in [0.717, 1.165) is 12.2 Å². The zero-order chi connectivity index (χ0) is 14.5. The van der Waals surface area contributed by atoms with Gasteiger partial charge in [-0.15, -0.1) is 0 Å². The lowest BCUT2D eigenvalue weighted by Gasteiger charge is -2.26. The summed E-state index contributed by atoms with van der Waals surface area (Å²) in [4.78, 5) is 0. The van der Waals surface area contributed by atoms with Crippen LogP contribution in [0.25, 0.3) is 10.8 Å². The molecule has 0 amide bonds. The van der Waals surface area contributed by atoms with Gasteiger partial charge in [-0.05, 0) is 54.7 Å². The van der Waals surface area contributed by atoms with Crippen LogP contribution in [0.1, 0.15) is 64.0 Å². The lowest BCUT2D eigenvalue weighted by Crippen LogP contribution is -2.26. The summed E-state index contributed by atoms with van der Waals surface area (Å²) in [6.45, 7) is 11.1. The van der Waals surface area contributed by atoms with Crippen molar-refractivity contribution in [2.24, 2.45) is 0 Å². The molecule has 0 saturated carbocycles. The predicted molar refractivity (Wildman–Crippen MR) is 85.8 cm³/mol. The number of hydrogen-bond donors (Lipinski definition) is 0. The van der Waals surface area contributed by atoms with Crippen molar-refractivity contribution in [1.82, 2.24) is 0 Å². The summed E-state index contributed by atoms with van der Waals surface area (Å²) in [6.07, 6.45) is 1.00. The number of rotatable bonds is 3. The first-order chi connectivity index (χ1) is 9.44. The van der Waals surface area contributed by atoms with Gasteiger partial charge in [0.1, 0.15) is 11.4 Å². The Kier molecular flexibility index (Phi) is 3.04. The van der Waals surface area contributed by atoms with Gasteiger partial charge in [-0.3, -0.25) is 0 Å². The Balaban J connectivity index is 2.19. The summed E-state index contributed by atoms with van der Waals surface area (Å²) in [7, 11) is 0. The summed E-state index contributed by atoms with van der Waals surface area (Å²) >= 11 is 0. The van der Waals surface area contributed by atoms with Gasteiger partial charge in [-0.2, -0.15) is 0 Å². The molecule has 0 fully saturated rings. The normalized spacial score (nSPS) is 21.4. The van der Waals surface area contributed by atoms with E-state index in [-0.39, 0.29) is 5.60 Å². The van der Waals surface area contributed by atoms with Crippen LogP contribution in [0.5, 0.6) is 5.75 Å². The molecule has 2 unspecified atom stereocenters. The highest BCUT2D eigenvalue weighted by atomic mass is 16.5. The molecule has 0 heterocycles. The molecule has 1 nitrogen and oxygen atoms in total. The van der Waals surface area contributed by atoms with E-state index < -0.39 is 0 Å². The number of benzene rings is 2. The second kappa shape index (κ2) is 4.51. The molecule has 0 N–H and O–H groups in total. The van der Waals surface area contributed by atoms with Crippen LogP contribution in [0.15, 0.2) is 30.3 Å². The average molecular weight is 268 g/mol. The van der Waals surface area contributed by atoms with Crippen molar-refractivity contribution >= 4 is 10.8 Å². The molecule has 0 bridgehead atoms. The monoisotopic (exact) mass is 268 g/mol. The molecule has 106 valence electrons. The summed E-state index contributed by atoms with van der Waals surface area (Å²) in [5.74, 6) is 2.23. The van der Waals surface area contributed by atoms with E-state index in [4.69, 9.17) is 4.74 Å². The maximum atomic E-state index is 6.27. The van der Waals surface area contributed by atoms with E-state index in [2.05, 4.69) is 65.0 Å². The third kappa shape index (κ3) is 1.91. The summed E-state index contributed by atoms with van der Waals surface area (Å²) in [5.41, 5.74) is 2.84. The zero-order valence-corrected chi connectivity index (χ0v) is 13.2. The minimum Gasteiger partial charge on any atom is -0.487 e. The van der Waals surface area contributed by atoms with Gasteiger partial charge in [0.25, 0.3) is 0 Å². The molecule has 3 rings (SSSR count). The topological polar surface area (TPSA) is 9.23 Å². The lowest BCUT2D eigenvalue weighted by atomic mass is 9.94. The molecule has 1 heteroatoms. The SMILES string of the molecule is CCC(C)(C)Oc1ccc2c3c(cccc13)C(C)C2C. The van der Waals surface area contributed by atoms with Gasteiger partial charge in [0.15, 0.2) is 0 Å². The Bertz CT molecular complexity index is 640. The van der Waals surface area contributed by atoms with Gasteiger partial charge >= 0.3 is 0 Å². The molecule has 0 aromatic heterocycles. The third-order valence-electron chi connectivity index (χ3n) is 5.03. The average Bonchev–Trinajstić information content (AvgIpc) is 2.68. The van der Waals surface area contributed by atoms with Crippen molar-refractivity contribution in [3.63, 3.8) is 0 Å². The van der Waals surface area contributed by atoms with Gasteiger partial charge in [-0.25, -0.2) is 0 Å². The standard InChI is InChI=1S/C19H24O/c1-6-19(4,5)20-17-11-10-15-13(3)12(2)14-8-7-9-16(17)18(14)15/h7-13H,6H2,1-5H3. The summed E-state index contributed by atoms with van der Waals surface area (Å²) in [6, 6.07) is 11.1. The van der Waals surface area contributed by atoms with Crippen LogP contribution in [-0.4, -0.2) is 5.60 Å². The second-order valence-corrected chi connectivity index (χ2v) is 6.72. The highest BCUT2D eigenvalue weighted by Crippen LogP contribution is 2.48. The Morgan fingerprint density at radius 2 is 1.65 bits per heavy atom. The molecule has 1 aliphatic rings. The maximum Gasteiger partial charge on any atom is 0.127 e. The van der Waals surface area contributed by atoms with Crippen molar-refractivity contribution in [2.75, 3.05) is 0 Å². The zero-order valence-electron chi connectivity index (χ0n) is 13.2. The molecular formula is C19H24O. The molecule has 2 atom stereocenters. The van der Waals surface area contributed by atoms with Crippen LogP contribution in [0.4, 0.5) is 0 Å². The van der Waals surface area contributed by atoms with Crippen molar-refractivity contribution < 1.29 is 4.74 Å². The van der Waals surface area contributed by atoms with Crippen molar-refractivity contribution in [2.45, 2.75) is 58.5 Å². The van der Waals surface area contributed by atoms with Crippen LogP contribution in [-0.2, 0) is 0 Å². The fraction of sp³-hybridized carbons (Fsp3) is 0.474. The van der Waals surface area contributed by atoms with Crippen LogP contribution in [0, 0.1) is 0 Å². The lowest BCUT2D eigenvalue weighted by molar-refractivity contribution is 0.107. The minimum atomic E-state index is -0.115. The van der Waals surface area contributed by atoms with Gasteiger partial charge in [-0.1, -0.05) is 45.0 Å². The quantitative estimate of drug-likeness (QED) is 0.701. The van der Waals surface area contributed by atoms with Crippen LogP contribution < -0.4 is 4.74 Å². The van der Waals surface area contributed by atoms with Crippen LogP contribution in [0.3, 0.4) is 0 Å². The predicted octanol–water partition coefficient (Wildman–Crippen LogP) is 5.63. The van der Waals surface area contributed by atoms with E-state index in [0.29, 0.717) is 11.8 Å². The largest absolute Gasteiger partial charge is 0.487 e. The number of ether oxygens (including phenoxy) is 1. The van der Waals surface area contributed by atoms with Crippen molar-refractivity contribution in [1.29, 1.82) is 0 Å². The van der Waals surface area contributed by atoms with E-state index >= 15 is 0 Å². The van der Waals surface area contributed by atoms with E-state index in [1.807, 2.05) is 0 Å². The molecule has 1 aliphatic carbocycles. The molecule has 2 aromatic rings. The maximum absolute atomic E-state index is 6.27.